The molecule has 0 heterocycles. The molecule has 20 heavy (non-hydrogen) atoms. The molecule has 0 fully saturated rings. The average molecular weight is 303 g/mol. The van der Waals surface area contributed by atoms with E-state index in [2.05, 4.69) is 36.1 Å². The summed E-state index contributed by atoms with van der Waals surface area (Å²) in [6.45, 7) is 7.61. The Hall–Kier alpha value is -1.34. The summed E-state index contributed by atoms with van der Waals surface area (Å²) in [6.07, 6.45) is 0.986. The van der Waals surface area contributed by atoms with Crippen molar-refractivity contribution in [2.75, 3.05) is 29.4 Å². The molecule has 0 saturated heterocycles. The number of hydrogen-bond acceptors (Lipinski definition) is 4. The van der Waals surface area contributed by atoms with Crippen LogP contribution in [0.2, 0.25) is 0 Å². The third-order valence-corrected chi connectivity index (χ3v) is 2.96. The summed E-state index contributed by atoms with van der Waals surface area (Å²) in [6, 6.07) is 4.24. The van der Waals surface area contributed by atoms with Crippen LogP contribution in [0.25, 0.3) is 0 Å². The zero-order valence-corrected chi connectivity index (χ0v) is 13.1. The maximum absolute atomic E-state index is 13.5. The van der Waals surface area contributed by atoms with Gasteiger partial charge in [0.15, 0.2) is 0 Å². The molecule has 7 heteroatoms. The molecule has 1 aromatic rings. The fourth-order valence-electron chi connectivity index (χ4n) is 1.56. The minimum absolute atomic E-state index is 0.0352. The standard InChI is InChI=1S/C13H22FN3O2S/c1-13(2,3)16-8-7-15-10-5-6-11(14)12(9-10)17-20(4,18)19/h5-6,9,15-17H,7-8H2,1-4H3. The normalized spacial score (nSPS) is 12.2. The first kappa shape index (κ1) is 16.7. The SMILES string of the molecule is CC(C)(C)NCCNc1ccc(F)c(NS(C)(=O)=O)c1. The van der Waals surface area contributed by atoms with Crippen LogP contribution in [0.4, 0.5) is 15.8 Å². The molecule has 0 saturated carbocycles. The van der Waals surface area contributed by atoms with Gasteiger partial charge in [0.25, 0.3) is 0 Å². The quantitative estimate of drug-likeness (QED) is 0.703. The predicted molar refractivity (Wildman–Crippen MR) is 81.1 cm³/mol. The Balaban J connectivity index is 2.62. The van der Waals surface area contributed by atoms with E-state index in [0.717, 1.165) is 12.8 Å². The van der Waals surface area contributed by atoms with Gasteiger partial charge in [0.2, 0.25) is 10.0 Å². The van der Waals surface area contributed by atoms with Gasteiger partial charge in [-0.1, -0.05) is 0 Å². The number of benzene rings is 1. The Morgan fingerprint density at radius 2 is 1.85 bits per heavy atom. The number of anilines is 2. The molecule has 3 N–H and O–H groups in total. The Labute approximate surface area is 120 Å². The highest BCUT2D eigenvalue weighted by Gasteiger charge is 2.09. The van der Waals surface area contributed by atoms with Gasteiger partial charge in [-0.25, -0.2) is 12.8 Å². The van der Waals surface area contributed by atoms with Crippen molar-refractivity contribution in [2.45, 2.75) is 26.3 Å². The van der Waals surface area contributed by atoms with Crippen LogP contribution in [0.15, 0.2) is 18.2 Å². The van der Waals surface area contributed by atoms with Crippen LogP contribution in [0.5, 0.6) is 0 Å². The van der Waals surface area contributed by atoms with Crippen molar-refractivity contribution >= 4 is 21.4 Å². The van der Waals surface area contributed by atoms with Crippen molar-refractivity contribution < 1.29 is 12.8 Å². The monoisotopic (exact) mass is 303 g/mol. The van der Waals surface area contributed by atoms with Crippen molar-refractivity contribution in [1.82, 2.24) is 5.32 Å². The van der Waals surface area contributed by atoms with Crippen LogP contribution >= 0.6 is 0 Å². The van der Waals surface area contributed by atoms with E-state index in [1.807, 2.05) is 0 Å². The summed E-state index contributed by atoms with van der Waals surface area (Å²) in [7, 11) is -3.49. The molecule has 0 radical (unpaired) electrons. The lowest BCUT2D eigenvalue weighted by Gasteiger charge is -2.20. The summed E-state index contributed by atoms with van der Waals surface area (Å²) in [5.41, 5.74) is 0.641. The molecule has 0 aromatic heterocycles. The summed E-state index contributed by atoms with van der Waals surface area (Å²) in [4.78, 5) is 0. The van der Waals surface area contributed by atoms with Crippen molar-refractivity contribution in [3.8, 4) is 0 Å². The number of rotatable bonds is 6. The molecule has 0 unspecified atom stereocenters. The molecule has 1 aromatic carbocycles. The Bertz CT molecular complexity index is 553. The third-order valence-electron chi connectivity index (χ3n) is 2.37. The molecule has 0 bridgehead atoms. The largest absolute Gasteiger partial charge is 0.384 e. The second-order valence-electron chi connectivity index (χ2n) is 5.67. The zero-order valence-electron chi connectivity index (χ0n) is 12.2. The number of halogens is 1. The minimum atomic E-state index is -3.49. The van der Waals surface area contributed by atoms with E-state index in [-0.39, 0.29) is 11.2 Å². The van der Waals surface area contributed by atoms with Crippen molar-refractivity contribution in [1.29, 1.82) is 0 Å². The van der Waals surface area contributed by atoms with E-state index in [9.17, 15) is 12.8 Å². The third kappa shape index (κ3) is 6.72. The fourth-order valence-corrected chi connectivity index (χ4v) is 2.11. The van der Waals surface area contributed by atoms with E-state index in [1.165, 1.54) is 12.1 Å². The van der Waals surface area contributed by atoms with Gasteiger partial charge in [0.1, 0.15) is 5.82 Å². The molecular weight excluding hydrogens is 281 g/mol. The van der Waals surface area contributed by atoms with E-state index < -0.39 is 15.8 Å². The highest BCUT2D eigenvalue weighted by Crippen LogP contribution is 2.20. The van der Waals surface area contributed by atoms with Crippen LogP contribution in [0, 0.1) is 5.82 Å². The molecular formula is C13H22FN3O2S. The topological polar surface area (TPSA) is 70.2 Å². The Kier molecular flexibility index (Phi) is 5.35. The maximum Gasteiger partial charge on any atom is 0.229 e. The molecule has 0 atom stereocenters. The van der Waals surface area contributed by atoms with E-state index >= 15 is 0 Å². The van der Waals surface area contributed by atoms with Gasteiger partial charge >= 0.3 is 0 Å². The van der Waals surface area contributed by atoms with Gasteiger partial charge in [-0.15, -0.1) is 0 Å². The van der Waals surface area contributed by atoms with Crippen LogP contribution < -0.4 is 15.4 Å². The first-order valence-corrected chi connectivity index (χ1v) is 8.22. The molecule has 0 aliphatic carbocycles. The molecule has 0 aliphatic heterocycles. The molecule has 1 rings (SSSR count). The van der Waals surface area contributed by atoms with Gasteiger partial charge in [0, 0.05) is 24.3 Å². The van der Waals surface area contributed by atoms with Crippen molar-refractivity contribution in [3.63, 3.8) is 0 Å². The van der Waals surface area contributed by atoms with Gasteiger partial charge in [0.05, 0.1) is 11.9 Å². The lowest BCUT2D eigenvalue weighted by Crippen LogP contribution is -2.38. The lowest BCUT2D eigenvalue weighted by molar-refractivity contribution is 0.435. The molecule has 114 valence electrons. The second kappa shape index (κ2) is 6.41. The maximum atomic E-state index is 13.5. The van der Waals surface area contributed by atoms with Crippen LogP contribution in [0.3, 0.4) is 0 Å². The zero-order chi connectivity index (χ0) is 15.4. The highest BCUT2D eigenvalue weighted by atomic mass is 32.2. The number of sulfonamides is 1. The minimum Gasteiger partial charge on any atom is -0.384 e. The van der Waals surface area contributed by atoms with Crippen molar-refractivity contribution in [2.24, 2.45) is 0 Å². The van der Waals surface area contributed by atoms with Gasteiger partial charge in [-0.05, 0) is 39.0 Å². The summed E-state index contributed by atoms with van der Waals surface area (Å²) < 4.78 is 37.9. The van der Waals surface area contributed by atoms with Gasteiger partial charge in [-0.3, -0.25) is 4.72 Å². The van der Waals surface area contributed by atoms with Crippen LogP contribution in [-0.4, -0.2) is 33.3 Å². The Morgan fingerprint density at radius 1 is 1.20 bits per heavy atom. The second-order valence-corrected chi connectivity index (χ2v) is 7.42. The molecule has 0 spiro atoms. The molecule has 0 amide bonds. The first-order valence-electron chi connectivity index (χ1n) is 6.33. The van der Waals surface area contributed by atoms with Crippen molar-refractivity contribution in [3.05, 3.63) is 24.0 Å². The van der Waals surface area contributed by atoms with Crippen LogP contribution in [0.1, 0.15) is 20.8 Å². The van der Waals surface area contributed by atoms with Gasteiger partial charge < -0.3 is 10.6 Å². The smallest absolute Gasteiger partial charge is 0.229 e. The molecule has 5 nitrogen and oxygen atoms in total. The fraction of sp³-hybridized carbons (Fsp3) is 0.538. The summed E-state index contributed by atoms with van der Waals surface area (Å²) in [5.74, 6) is -0.603. The highest BCUT2D eigenvalue weighted by molar-refractivity contribution is 7.92. The summed E-state index contributed by atoms with van der Waals surface area (Å²) >= 11 is 0. The Morgan fingerprint density at radius 3 is 2.40 bits per heavy atom. The van der Waals surface area contributed by atoms with Crippen LogP contribution in [-0.2, 0) is 10.0 Å². The van der Waals surface area contributed by atoms with E-state index in [4.69, 9.17) is 0 Å². The van der Waals surface area contributed by atoms with Gasteiger partial charge in [-0.2, -0.15) is 0 Å². The summed E-state index contributed by atoms with van der Waals surface area (Å²) in [5, 5.41) is 6.41. The molecule has 0 aliphatic rings. The number of hydrogen-bond donors (Lipinski definition) is 3. The first-order chi connectivity index (χ1) is 9.07. The van der Waals surface area contributed by atoms with E-state index in [1.54, 1.807) is 6.07 Å². The number of nitrogens with one attached hydrogen (secondary N) is 3. The lowest BCUT2D eigenvalue weighted by atomic mass is 10.1. The van der Waals surface area contributed by atoms with E-state index in [0.29, 0.717) is 12.2 Å². The average Bonchev–Trinajstić information content (AvgIpc) is 2.25. The predicted octanol–water partition coefficient (Wildman–Crippen LogP) is 2.00.